The maximum atomic E-state index is 10.8. The molecule has 0 heterocycles. The van der Waals surface area contributed by atoms with Crippen LogP contribution < -0.4 is 0 Å². The number of hydrogen-bond acceptors (Lipinski definition) is 4. The molecule has 1 unspecified atom stereocenters. The second-order valence-electron chi connectivity index (χ2n) is 3.87. The van der Waals surface area contributed by atoms with Crippen molar-refractivity contribution < 1.29 is 4.92 Å². The van der Waals surface area contributed by atoms with Gasteiger partial charge in [0.1, 0.15) is 11.6 Å². The minimum Gasteiger partial charge on any atom is -0.258 e. The zero-order chi connectivity index (χ0) is 12.8. The average molecular weight is 250 g/mol. The van der Waals surface area contributed by atoms with Gasteiger partial charge in [-0.25, -0.2) is 0 Å². The van der Waals surface area contributed by atoms with Gasteiger partial charge in [0.25, 0.3) is 5.69 Å². The van der Waals surface area contributed by atoms with Crippen molar-refractivity contribution in [1.29, 1.82) is 5.26 Å². The molecule has 0 aliphatic heterocycles. The monoisotopic (exact) mass is 250 g/mol. The summed E-state index contributed by atoms with van der Waals surface area (Å²) in [4.78, 5) is 11.1. The number of rotatable bonds is 5. The third kappa shape index (κ3) is 3.75. The predicted molar refractivity (Wildman–Crippen MR) is 68.0 cm³/mol. The number of nitro groups is 1. The van der Waals surface area contributed by atoms with E-state index < -0.39 is 4.92 Å². The van der Waals surface area contributed by atoms with Gasteiger partial charge in [-0.15, -0.1) is 11.8 Å². The highest BCUT2D eigenvalue weighted by Crippen LogP contribution is 2.27. The van der Waals surface area contributed by atoms with Crippen molar-refractivity contribution in [2.75, 3.05) is 5.75 Å². The first-order valence-corrected chi connectivity index (χ1v) is 6.38. The number of nitriles is 1. The lowest BCUT2D eigenvalue weighted by atomic mass is 10.2. The quantitative estimate of drug-likeness (QED) is 0.455. The van der Waals surface area contributed by atoms with Gasteiger partial charge in [0, 0.05) is 16.7 Å². The zero-order valence-electron chi connectivity index (χ0n) is 9.84. The molecule has 1 aromatic carbocycles. The Hall–Kier alpha value is -1.54. The van der Waals surface area contributed by atoms with Crippen LogP contribution in [0.15, 0.2) is 23.1 Å². The summed E-state index contributed by atoms with van der Waals surface area (Å²) >= 11 is 1.59. The molecule has 90 valence electrons. The van der Waals surface area contributed by atoms with E-state index in [4.69, 9.17) is 5.26 Å². The van der Waals surface area contributed by atoms with Crippen LogP contribution in [0.1, 0.15) is 25.8 Å². The van der Waals surface area contributed by atoms with Crippen LogP contribution in [-0.2, 0) is 0 Å². The summed E-state index contributed by atoms with van der Waals surface area (Å²) in [6.45, 7) is 4.26. The Morgan fingerprint density at radius 2 is 2.29 bits per heavy atom. The summed E-state index contributed by atoms with van der Waals surface area (Å²) in [5.74, 6) is 1.51. The molecule has 0 spiro atoms. The van der Waals surface area contributed by atoms with Crippen LogP contribution in [0.5, 0.6) is 0 Å². The van der Waals surface area contributed by atoms with Crippen LogP contribution in [0.3, 0.4) is 0 Å². The Labute approximate surface area is 105 Å². The number of nitrogens with zero attached hydrogens (tertiary/aromatic N) is 2. The first-order chi connectivity index (χ1) is 8.08. The molecule has 17 heavy (non-hydrogen) atoms. The second kappa shape index (κ2) is 6.26. The molecule has 4 nitrogen and oxygen atoms in total. The van der Waals surface area contributed by atoms with Crippen molar-refractivity contribution in [3.05, 3.63) is 33.9 Å². The van der Waals surface area contributed by atoms with E-state index in [9.17, 15) is 10.1 Å². The molecule has 0 saturated heterocycles. The smallest absolute Gasteiger partial charge is 0.258 e. The number of nitro benzene ring substituents is 1. The van der Waals surface area contributed by atoms with E-state index in [2.05, 4.69) is 13.8 Å². The number of thioether (sulfide) groups is 1. The van der Waals surface area contributed by atoms with Crippen LogP contribution >= 0.6 is 11.8 Å². The van der Waals surface area contributed by atoms with Crippen molar-refractivity contribution in [2.24, 2.45) is 5.92 Å². The fourth-order valence-corrected chi connectivity index (χ4v) is 2.28. The van der Waals surface area contributed by atoms with E-state index in [1.165, 1.54) is 12.1 Å². The van der Waals surface area contributed by atoms with Crippen molar-refractivity contribution >= 4 is 17.4 Å². The van der Waals surface area contributed by atoms with Gasteiger partial charge in [0.15, 0.2) is 0 Å². The molecule has 1 aromatic rings. The van der Waals surface area contributed by atoms with Crippen LogP contribution in [0, 0.1) is 27.4 Å². The lowest BCUT2D eigenvalue weighted by molar-refractivity contribution is -0.385. The summed E-state index contributed by atoms with van der Waals surface area (Å²) in [6.07, 6.45) is 1.09. The molecule has 0 radical (unpaired) electrons. The molecule has 5 heteroatoms. The van der Waals surface area contributed by atoms with E-state index in [1.807, 2.05) is 6.07 Å². The zero-order valence-corrected chi connectivity index (χ0v) is 10.7. The summed E-state index contributed by atoms with van der Waals surface area (Å²) in [7, 11) is 0. The molecule has 0 aliphatic rings. The van der Waals surface area contributed by atoms with E-state index in [-0.39, 0.29) is 11.3 Å². The van der Waals surface area contributed by atoms with Gasteiger partial charge in [-0.1, -0.05) is 20.3 Å². The Morgan fingerprint density at radius 1 is 1.59 bits per heavy atom. The van der Waals surface area contributed by atoms with E-state index in [0.717, 1.165) is 17.1 Å². The molecule has 1 rings (SSSR count). The van der Waals surface area contributed by atoms with E-state index >= 15 is 0 Å². The maximum absolute atomic E-state index is 10.8. The molecule has 0 aromatic heterocycles. The lowest BCUT2D eigenvalue weighted by Gasteiger charge is -2.07. The molecule has 0 saturated carbocycles. The highest BCUT2D eigenvalue weighted by Gasteiger charge is 2.14. The second-order valence-corrected chi connectivity index (χ2v) is 4.97. The van der Waals surface area contributed by atoms with Crippen LogP contribution in [0.4, 0.5) is 5.69 Å². The van der Waals surface area contributed by atoms with Gasteiger partial charge in [-0.3, -0.25) is 10.1 Å². The fraction of sp³-hybridized carbons (Fsp3) is 0.417. The SMILES string of the molecule is CCC(C)CSc1ccc(C#N)c([N+](=O)[O-])c1. The normalized spacial score (nSPS) is 11.8. The minimum atomic E-state index is -0.508. The fourth-order valence-electron chi connectivity index (χ4n) is 1.20. The summed E-state index contributed by atoms with van der Waals surface area (Å²) in [5, 5.41) is 19.5. The third-order valence-corrected chi connectivity index (χ3v) is 3.84. The van der Waals surface area contributed by atoms with Crippen LogP contribution in [0.2, 0.25) is 0 Å². The van der Waals surface area contributed by atoms with E-state index in [0.29, 0.717) is 5.92 Å². The van der Waals surface area contributed by atoms with Crippen LogP contribution in [-0.4, -0.2) is 10.7 Å². The van der Waals surface area contributed by atoms with Gasteiger partial charge >= 0.3 is 0 Å². The predicted octanol–water partition coefficient (Wildman–Crippen LogP) is 3.60. The highest BCUT2D eigenvalue weighted by atomic mass is 32.2. The molecular weight excluding hydrogens is 236 g/mol. The number of benzene rings is 1. The van der Waals surface area contributed by atoms with Gasteiger partial charge in [0.2, 0.25) is 0 Å². The summed E-state index contributed by atoms with van der Waals surface area (Å²) in [6, 6.07) is 6.58. The largest absolute Gasteiger partial charge is 0.288 e. The van der Waals surface area contributed by atoms with Crippen LogP contribution in [0.25, 0.3) is 0 Å². The Morgan fingerprint density at radius 3 is 2.82 bits per heavy atom. The summed E-state index contributed by atoms with van der Waals surface area (Å²) in [5.41, 5.74) is 0.00421. The maximum Gasteiger partial charge on any atom is 0.288 e. The highest BCUT2D eigenvalue weighted by molar-refractivity contribution is 7.99. The van der Waals surface area contributed by atoms with Crippen molar-refractivity contribution in [2.45, 2.75) is 25.2 Å². The summed E-state index contributed by atoms with van der Waals surface area (Å²) < 4.78 is 0. The van der Waals surface area contributed by atoms with Crippen molar-refractivity contribution in [3.63, 3.8) is 0 Å². The molecule has 1 atom stereocenters. The molecule has 0 amide bonds. The van der Waals surface area contributed by atoms with Crippen molar-refractivity contribution in [3.8, 4) is 6.07 Å². The number of hydrogen-bond donors (Lipinski definition) is 0. The molecule has 0 aliphatic carbocycles. The standard InChI is InChI=1S/C12H14N2O2S/c1-3-9(2)8-17-11-5-4-10(7-13)12(6-11)14(15)16/h4-6,9H,3,8H2,1-2H3. The van der Waals surface area contributed by atoms with Gasteiger partial charge < -0.3 is 0 Å². The first-order valence-electron chi connectivity index (χ1n) is 5.39. The first kappa shape index (κ1) is 13.5. The van der Waals surface area contributed by atoms with Gasteiger partial charge in [-0.05, 0) is 18.1 Å². The van der Waals surface area contributed by atoms with Crippen molar-refractivity contribution in [1.82, 2.24) is 0 Å². The average Bonchev–Trinajstić information content (AvgIpc) is 2.35. The topological polar surface area (TPSA) is 66.9 Å². The molecule has 0 bridgehead atoms. The third-order valence-electron chi connectivity index (χ3n) is 2.52. The van der Waals surface area contributed by atoms with Gasteiger partial charge in [0.05, 0.1) is 4.92 Å². The Bertz CT molecular complexity index is 454. The van der Waals surface area contributed by atoms with E-state index in [1.54, 1.807) is 17.8 Å². The molecule has 0 fully saturated rings. The Kier molecular flexibility index (Phi) is 4.98. The molecular formula is C12H14N2O2S. The molecule has 0 N–H and O–H groups in total. The Balaban J connectivity index is 2.86. The van der Waals surface area contributed by atoms with Gasteiger partial charge in [-0.2, -0.15) is 5.26 Å². The lowest BCUT2D eigenvalue weighted by Crippen LogP contribution is -1.96. The minimum absolute atomic E-state index is 0.110.